The zero-order valence-electron chi connectivity index (χ0n) is 20.7. The molecule has 1 aliphatic rings. The summed E-state index contributed by atoms with van der Waals surface area (Å²) in [6, 6.07) is 18.1. The molecule has 0 spiro atoms. The molecule has 0 atom stereocenters. The third kappa shape index (κ3) is 6.33. The second kappa shape index (κ2) is 12.3. The Bertz CT molecular complexity index is 1370. The lowest BCUT2D eigenvalue weighted by molar-refractivity contribution is -0.122. The Hall–Kier alpha value is -4.31. The van der Waals surface area contributed by atoms with Gasteiger partial charge in [-0.1, -0.05) is 28.1 Å². The van der Waals surface area contributed by atoms with Crippen LogP contribution in [0.25, 0.3) is 6.08 Å². The molecule has 1 N–H and O–H groups in total. The van der Waals surface area contributed by atoms with Gasteiger partial charge in [-0.05, 0) is 67.1 Å². The molecule has 1 saturated heterocycles. The Morgan fingerprint density at radius 3 is 2.34 bits per heavy atom. The van der Waals surface area contributed by atoms with E-state index in [0.29, 0.717) is 47.5 Å². The Morgan fingerprint density at radius 1 is 0.868 bits per heavy atom. The highest BCUT2D eigenvalue weighted by Gasteiger charge is 2.36. The number of hydrogen-bond acceptors (Lipinski definition) is 7. The number of carbonyl (C=O) groups is 3. The first-order valence-corrected chi connectivity index (χ1v) is 12.5. The van der Waals surface area contributed by atoms with Crippen LogP contribution in [0.15, 0.2) is 76.8 Å². The molecule has 38 heavy (non-hydrogen) atoms. The third-order valence-electron chi connectivity index (χ3n) is 5.42. The van der Waals surface area contributed by atoms with Crippen LogP contribution in [-0.4, -0.2) is 44.8 Å². The number of nitrogens with zero attached hydrogens (tertiary/aromatic N) is 1. The van der Waals surface area contributed by atoms with E-state index in [4.69, 9.17) is 18.9 Å². The van der Waals surface area contributed by atoms with Crippen molar-refractivity contribution in [3.05, 3.63) is 82.3 Å². The van der Waals surface area contributed by atoms with Gasteiger partial charge in [0.1, 0.15) is 30.3 Å². The largest absolute Gasteiger partial charge is 0.497 e. The molecule has 10 heteroatoms. The molecule has 1 fully saturated rings. The van der Waals surface area contributed by atoms with Crippen LogP contribution >= 0.6 is 15.9 Å². The number of ether oxygens (including phenoxy) is 4. The van der Waals surface area contributed by atoms with E-state index in [1.807, 2.05) is 25.1 Å². The number of benzene rings is 3. The summed E-state index contributed by atoms with van der Waals surface area (Å²) in [5, 5.41) is 2.22. The van der Waals surface area contributed by atoms with Crippen molar-refractivity contribution in [3.63, 3.8) is 0 Å². The van der Waals surface area contributed by atoms with Gasteiger partial charge in [0.05, 0.1) is 19.4 Å². The fourth-order valence-electron chi connectivity index (χ4n) is 3.65. The summed E-state index contributed by atoms with van der Waals surface area (Å²) in [7, 11) is 1.59. The molecule has 9 nitrogen and oxygen atoms in total. The molecule has 4 amide bonds. The number of imide groups is 2. The number of barbiturate groups is 1. The molecule has 0 unspecified atom stereocenters. The molecular formula is C28H25BrN2O7. The lowest BCUT2D eigenvalue weighted by Crippen LogP contribution is -2.54. The first kappa shape index (κ1) is 26.7. The SMILES string of the molecule is CCOc1cc(/C=C2/C(=O)NC(=O)N(c3ccc(Br)cc3)C2=O)ccc1OCCOc1cccc(OC)c1. The van der Waals surface area contributed by atoms with Gasteiger partial charge < -0.3 is 18.9 Å². The Morgan fingerprint density at radius 2 is 1.61 bits per heavy atom. The Labute approximate surface area is 228 Å². The second-order valence-electron chi connectivity index (χ2n) is 7.95. The molecule has 1 heterocycles. The minimum absolute atomic E-state index is 0.185. The van der Waals surface area contributed by atoms with Gasteiger partial charge in [-0.25, -0.2) is 9.69 Å². The van der Waals surface area contributed by atoms with E-state index < -0.39 is 17.8 Å². The van der Waals surface area contributed by atoms with Crippen LogP contribution in [0, 0.1) is 0 Å². The normalized spacial score (nSPS) is 14.3. The van der Waals surface area contributed by atoms with Crippen molar-refractivity contribution in [3.8, 4) is 23.0 Å². The first-order chi connectivity index (χ1) is 18.4. The number of nitrogens with one attached hydrogen (secondary N) is 1. The maximum atomic E-state index is 13.1. The lowest BCUT2D eigenvalue weighted by Gasteiger charge is -2.26. The third-order valence-corrected chi connectivity index (χ3v) is 5.94. The van der Waals surface area contributed by atoms with Crippen molar-refractivity contribution in [1.82, 2.24) is 5.32 Å². The number of urea groups is 1. The Kier molecular flexibility index (Phi) is 8.65. The Balaban J connectivity index is 1.49. The van der Waals surface area contributed by atoms with Crippen molar-refractivity contribution in [2.45, 2.75) is 6.92 Å². The monoisotopic (exact) mass is 580 g/mol. The molecule has 0 saturated carbocycles. The number of rotatable bonds is 10. The van der Waals surface area contributed by atoms with E-state index in [9.17, 15) is 14.4 Å². The minimum atomic E-state index is -0.811. The zero-order valence-corrected chi connectivity index (χ0v) is 22.3. The number of anilines is 1. The average molecular weight is 581 g/mol. The van der Waals surface area contributed by atoms with Crippen LogP contribution in [0.2, 0.25) is 0 Å². The molecule has 0 aromatic heterocycles. The number of halogens is 1. The predicted octanol–water partition coefficient (Wildman–Crippen LogP) is 4.98. The minimum Gasteiger partial charge on any atom is -0.497 e. The lowest BCUT2D eigenvalue weighted by atomic mass is 10.1. The fraction of sp³-hybridized carbons (Fsp3) is 0.179. The highest BCUT2D eigenvalue weighted by molar-refractivity contribution is 9.10. The number of hydrogen-bond donors (Lipinski definition) is 1. The van der Waals surface area contributed by atoms with Gasteiger partial charge in [0, 0.05) is 10.5 Å². The summed E-state index contributed by atoms with van der Waals surface area (Å²) in [6.45, 7) is 2.75. The van der Waals surface area contributed by atoms with Crippen LogP contribution in [-0.2, 0) is 9.59 Å². The van der Waals surface area contributed by atoms with Gasteiger partial charge in [-0.3, -0.25) is 14.9 Å². The molecular weight excluding hydrogens is 556 g/mol. The summed E-state index contributed by atoms with van der Waals surface area (Å²) in [5.74, 6) is 0.768. The molecule has 1 aliphatic heterocycles. The summed E-state index contributed by atoms with van der Waals surface area (Å²) in [6.07, 6.45) is 1.41. The van der Waals surface area contributed by atoms with Crippen LogP contribution < -0.4 is 29.2 Å². The fourth-order valence-corrected chi connectivity index (χ4v) is 3.92. The molecule has 3 aromatic rings. The van der Waals surface area contributed by atoms with Crippen molar-refractivity contribution >= 4 is 45.5 Å². The second-order valence-corrected chi connectivity index (χ2v) is 8.87. The van der Waals surface area contributed by atoms with Crippen LogP contribution in [0.1, 0.15) is 12.5 Å². The zero-order chi connectivity index (χ0) is 27.1. The van der Waals surface area contributed by atoms with Crippen LogP contribution in [0.3, 0.4) is 0 Å². The maximum absolute atomic E-state index is 13.1. The van der Waals surface area contributed by atoms with Crippen molar-refractivity contribution < 1.29 is 33.3 Å². The molecule has 0 aliphatic carbocycles. The highest BCUT2D eigenvalue weighted by Crippen LogP contribution is 2.30. The topological polar surface area (TPSA) is 103 Å². The summed E-state index contributed by atoms with van der Waals surface area (Å²) in [5.41, 5.74) is 0.677. The molecule has 0 bridgehead atoms. The summed E-state index contributed by atoms with van der Waals surface area (Å²) >= 11 is 3.32. The van der Waals surface area contributed by atoms with E-state index in [-0.39, 0.29) is 12.2 Å². The quantitative estimate of drug-likeness (QED) is 0.205. The standard InChI is InChI=1S/C28H25BrN2O7/c1-3-36-25-16-18(7-12-24(25)38-14-13-37-22-6-4-5-21(17-22)35-2)15-23-26(32)30-28(34)31(27(23)33)20-10-8-19(29)9-11-20/h4-12,15-17H,3,13-14H2,1-2H3,(H,30,32,34)/b23-15-. The summed E-state index contributed by atoms with van der Waals surface area (Å²) < 4.78 is 23.3. The molecule has 4 rings (SSSR count). The van der Waals surface area contributed by atoms with E-state index in [0.717, 1.165) is 9.37 Å². The van der Waals surface area contributed by atoms with Gasteiger partial charge in [-0.2, -0.15) is 0 Å². The smallest absolute Gasteiger partial charge is 0.335 e. The molecule has 196 valence electrons. The maximum Gasteiger partial charge on any atom is 0.335 e. The van der Waals surface area contributed by atoms with E-state index in [1.54, 1.807) is 55.6 Å². The van der Waals surface area contributed by atoms with E-state index >= 15 is 0 Å². The van der Waals surface area contributed by atoms with Crippen molar-refractivity contribution in [2.24, 2.45) is 0 Å². The van der Waals surface area contributed by atoms with Gasteiger partial charge in [-0.15, -0.1) is 0 Å². The van der Waals surface area contributed by atoms with E-state index in [1.165, 1.54) is 6.08 Å². The molecule has 3 aromatic carbocycles. The van der Waals surface area contributed by atoms with Crippen LogP contribution in [0.5, 0.6) is 23.0 Å². The van der Waals surface area contributed by atoms with Crippen molar-refractivity contribution in [2.75, 3.05) is 31.8 Å². The predicted molar refractivity (Wildman–Crippen MR) is 145 cm³/mol. The average Bonchev–Trinajstić information content (AvgIpc) is 2.91. The number of carbonyl (C=O) groups excluding carboxylic acids is 3. The van der Waals surface area contributed by atoms with Crippen molar-refractivity contribution in [1.29, 1.82) is 0 Å². The van der Waals surface area contributed by atoms with Gasteiger partial charge >= 0.3 is 6.03 Å². The number of methoxy groups -OCH3 is 1. The van der Waals surface area contributed by atoms with Crippen LogP contribution in [0.4, 0.5) is 10.5 Å². The molecule has 0 radical (unpaired) electrons. The van der Waals surface area contributed by atoms with Gasteiger partial charge in [0.15, 0.2) is 11.5 Å². The summed E-state index contributed by atoms with van der Waals surface area (Å²) in [4.78, 5) is 39.0. The first-order valence-electron chi connectivity index (χ1n) is 11.7. The van der Waals surface area contributed by atoms with E-state index in [2.05, 4.69) is 21.2 Å². The number of amides is 4. The van der Waals surface area contributed by atoms with Gasteiger partial charge in [0.25, 0.3) is 11.8 Å². The highest BCUT2D eigenvalue weighted by atomic mass is 79.9. The van der Waals surface area contributed by atoms with Gasteiger partial charge in [0.2, 0.25) is 0 Å².